The highest BCUT2D eigenvalue weighted by atomic mass is 32.2. The van der Waals surface area contributed by atoms with Gasteiger partial charge in [0, 0.05) is 16.7 Å². The van der Waals surface area contributed by atoms with Crippen molar-refractivity contribution in [3.8, 4) is 0 Å². The van der Waals surface area contributed by atoms with E-state index in [9.17, 15) is 4.39 Å². The molecule has 0 fully saturated rings. The van der Waals surface area contributed by atoms with Gasteiger partial charge in [0.25, 0.3) is 0 Å². The number of thioether (sulfide) groups is 1. The summed E-state index contributed by atoms with van der Waals surface area (Å²) in [6.45, 7) is 4.34. The van der Waals surface area contributed by atoms with Crippen LogP contribution in [0.4, 0.5) is 4.39 Å². The van der Waals surface area contributed by atoms with Gasteiger partial charge in [-0.15, -0.1) is 11.8 Å². The first kappa shape index (κ1) is 14.5. The maximum atomic E-state index is 13.0. The van der Waals surface area contributed by atoms with Crippen LogP contribution in [0.15, 0.2) is 29.2 Å². The molecule has 0 aliphatic rings. The molecule has 96 valence electrons. The molecule has 0 heterocycles. The van der Waals surface area contributed by atoms with E-state index in [1.54, 1.807) is 23.9 Å². The zero-order valence-corrected chi connectivity index (χ0v) is 11.3. The molecule has 0 radical (unpaired) electrons. The molecule has 4 heteroatoms. The fourth-order valence-corrected chi connectivity index (χ4v) is 3.03. The van der Waals surface area contributed by atoms with Crippen LogP contribution in [0.3, 0.4) is 0 Å². The average molecular weight is 256 g/mol. The van der Waals surface area contributed by atoms with Crippen molar-refractivity contribution in [2.45, 2.75) is 37.6 Å². The molecule has 0 aliphatic heterocycles. The summed E-state index contributed by atoms with van der Waals surface area (Å²) in [7, 11) is 0. The molecule has 1 atom stereocenters. The predicted molar refractivity (Wildman–Crippen MR) is 72.3 cm³/mol. The number of nitrogens with one attached hydrogen (secondary N) is 1. The Kier molecular flexibility index (Phi) is 6.55. The molecule has 0 aromatic heterocycles. The highest BCUT2D eigenvalue weighted by Gasteiger charge is 2.17. The van der Waals surface area contributed by atoms with E-state index in [1.807, 2.05) is 6.07 Å². The van der Waals surface area contributed by atoms with Crippen LogP contribution in [-0.2, 0) is 0 Å². The average Bonchev–Trinajstić information content (AvgIpc) is 2.34. The lowest BCUT2D eigenvalue weighted by molar-refractivity contribution is 0.364. The maximum Gasteiger partial charge on any atom is 0.124 e. The first-order valence-corrected chi connectivity index (χ1v) is 7.04. The number of hydrazine groups is 1. The third kappa shape index (κ3) is 4.66. The number of nitrogens with two attached hydrogens (primary N) is 1. The minimum absolute atomic E-state index is 0.185. The Morgan fingerprint density at radius 3 is 2.59 bits per heavy atom. The van der Waals surface area contributed by atoms with Gasteiger partial charge in [-0.3, -0.25) is 11.3 Å². The van der Waals surface area contributed by atoms with Crippen molar-refractivity contribution in [3.05, 3.63) is 30.1 Å². The number of hydrogen-bond acceptors (Lipinski definition) is 3. The minimum atomic E-state index is -0.185. The lowest BCUT2D eigenvalue weighted by Gasteiger charge is -2.24. The van der Waals surface area contributed by atoms with Crippen LogP contribution in [0.1, 0.15) is 26.7 Å². The van der Waals surface area contributed by atoms with Gasteiger partial charge < -0.3 is 0 Å². The van der Waals surface area contributed by atoms with Crippen LogP contribution in [0.25, 0.3) is 0 Å². The van der Waals surface area contributed by atoms with E-state index in [4.69, 9.17) is 5.84 Å². The van der Waals surface area contributed by atoms with E-state index in [-0.39, 0.29) is 11.9 Å². The molecule has 0 saturated carbocycles. The Balaban J connectivity index is 2.52. The zero-order valence-electron chi connectivity index (χ0n) is 10.4. The second kappa shape index (κ2) is 7.69. The van der Waals surface area contributed by atoms with Gasteiger partial charge in [-0.2, -0.15) is 0 Å². The monoisotopic (exact) mass is 256 g/mol. The van der Waals surface area contributed by atoms with Crippen molar-refractivity contribution in [2.24, 2.45) is 11.8 Å². The van der Waals surface area contributed by atoms with Crippen LogP contribution in [0, 0.1) is 11.7 Å². The summed E-state index contributed by atoms with van der Waals surface area (Å²) in [5.41, 5.74) is 2.87. The molecule has 1 unspecified atom stereocenters. The molecule has 17 heavy (non-hydrogen) atoms. The van der Waals surface area contributed by atoms with E-state index < -0.39 is 0 Å². The van der Waals surface area contributed by atoms with Gasteiger partial charge in [-0.1, -0.05) is 32.8 Å². The molecule has 0 saturated heterocycles. The topological polar surface area (TPSA) is 38.0 Å². The quantitative estimate of drug-likeness (QED) is 0.447. The summed E-state index contributed by atoms with van der Waals surface area (Å²) in [4.78, 5) is 0.955. The van der Waals surface area contributed by atoms with Gasteiger partial charge in [0.15, 0.2) is 0 Å². The van der Waals surface area contributed by atoms with Crippen LogP contribution in [0.2, 0.25) is 0 Å². The highest BCUT2D eigenvalue weighted by molar-refractivity contribution is 7.99. The lowest BCUT2D eigenvalue weighted by Crippen LogP contribution is -2.42. The van der Waals surface area contributed by atoms with Crippen molar-refractivity contribution in [1.82, 2.24) is 5.43 Å². The fraction of sp³-hybridized carbons (Fsp3) is 0.538. The molecule has 3 N–H and O–H groups in total. The summed E-state index contributed by atoms with van der Waals surface area (Å²) >= 11 is 1.64. The number of rotatable bonds is 7. The van der Waals surface area contributed by atoms with Gasteiger partial charge in [-0.25, -0.2) is 4.39 Å². The molecule has 2 nitrogen and oxygen atoms in total. The largest absolute Gasteiger partial charge is 0.271 e. The second-order valence-electron chi connectivity index (χ2n) is 4.12. The molecule has 1 aromatic carbocycles. The summed E-state index contributed by atoms with van der Waals surface area (Å²) < 4.78 is 13.0. The van der Waals surface area contributed by atoms with Gasteiger partial charge in [0.05, 0.1) is 0 Å². The van der Waals surface area contributed by atoms with Gasteiger partial charge in [0.2, 0.25) is 0 Å². The van der Waals surface area contributed by atoms with Crippen molar-refractivity contribution in [1.29, 1.82) is 0 Å². The smallest absolute Gasteiger partial charge is 0.124 e. The van der Waals surface area contributed by atoms with Crippen LogP contribution in [0.5, 0.6) is 0 Å². The third-order valence-electron chi connectivity index (χ3n) is 3.06. The van der Waals surface area contributed by atoms with Crippen molar-refractivity contribution in [2.75, 3.05) is 5.75 Å². The van der Waals surface area contributed by atoms with Gasteiger partial charge >= 0.3 is 0 Å². The predicted octanol–water partition coefficient (Wildman–Crippen LogP) is 3.19. The zero-order chi connectivity index (χ0) is 12.7. The maximum absolute atomic E-state index is 13.0. The molecule has 0 aliphatic carbocycles. The summed E-state index contributed by atoms with van der Waals surface area (Å²) in [5.74, 6) is 6.83. The Morgan fingerprint density at radius 1 is 1.35 bits per heavy atom. The fourth-order valence-electron chi connectivity index (χ4n) is 1.92. The molecule has 0 bridgehead atoms. The molecular formula is C13H21FN2S. The summed E-state index contributed by atoms with van der Waals surface area (Å²) in [5, 5.41) is 0. The van der Waals surface area contributed by atoms with Crippen LogP contribution >= 0.6 is 11.8 Å². The Bertz CT molecular complexity index is 329. The van der Waals surface area contributed by atoms with E-state index in [1.165, 1.54) is 6.07 Å². The summed E-state index contributed by atoms with van der Waals surface area (Å²) in [6.07, 6.45) is 2.21. The molecule has 0 spiro atoms. The minimum Gasteiger partial charge on any atom is -0.271 e. The third-order valence-corrected chi connectivity index (χ3v) is 4.17. The van der Waals surface area contributed by atoms with Crippen molar-refractivity contribution in [3.63, 3.8) is 0 Å². The Hall–Kier alpha value is -0.580. The first-order valence-electron chi connectivity index (χ1n) is 6.05. The molecule has 0 amide bonds. The van der Waals surface area contributed by atoms with Gasteiger partial charge in [0.1, 0.15) is 5.82 Å². The van der Waals surface area contributed by atoms with Crippen LogP contribution in [-0.4, -0.2) is 11.8 Å². The number of benzene rings is 1. The van der Waals surface area contributed by atoms with E-state index in [2.05, 4.69) is 19.3 Å². The second-order valence-corrected chi connectivity index (χ2v) is 5.21. The van der Waals surface area contributed by atoms with Crippen LogP contribution < -0.4 is 11.3 Å². The van der Waals surface area contributed by atoms with Crippen molar-refractivity contribution < 1.29 is 4.39 Å². The number of hydrogen-bond donors (Lipinski definition) is 2. The Morgan fingerprint density at radius 2 is 2.06 bits per heavy atom. The van der Waals surface area contributed by atoms with E-state index >= 15 is 0 Å². The highest BCUT2D eigenvalue weighted by Crippen LogP contribution is 2.23. The molecule has 1 aromatic rings. The molecular weight excluding hydrogens is 235 g/mol. The normalized spacial score (nSPS) is 13.0. The Labute approximate surface area is 107 Å². The first-order chi connectivity index (χ1) is 8.21. The standard InChI is InChI=1S/C13H21FN2S/c1-3-10(4-2)13(16-15)9-17-12-7-5-6-11(14)8-12/h5-8,10,13,16H,3-4,9,15H2,1-2H3. The van der Waals surface area contributed by atoms with E-state index in [0.717, 1.165) is 23.5 Å². The van der Waals surface area contributed by atoms with Crippen molar-refractivity contribution >= 4 is 11.8 Å². The number of halogens is 1. The molecule has 1 rings (SSSR count). The lowest BCUT2D eigenvalue weighted by atomic mass is 9.96. The SMILES string of the molecule is CCC(CC)C(CSc1cccc(F)c1)NN. The van der Waals surface area contributed by atoms with E-state index in [0.29, 0.717) is 5.92 Å². The summed E-state index contributed by atoms with van der Waals surface area (Å²) in [6, 6.07) is 6.96. The van der Waals surface area contributed by atoms with Gasteiger partial charge in [-0.05, 0) is 24.1 Å².